The Kier molecular flexibility index (Phi) is 3.88. The monoisotopic (exact) mass is 228 g/mol. The predicted octanol–water partition coefficient (Wildman–Crippen LogP) is 1.40. The van der Waals surface area contributed by atoms with Crippen molar-refractivity contribution in [1.29, 1.82) is 0 Å². The van der Waals surface area contributed by atoms with Gasteiger partial charge in [-0.3, -0.25) is 0 Å². The van der Waals surface area contributed by atoms with Gasteiger partial charge in [0.15, 0.2) is 9.84 Å². The highest BCUT2D eigenvalue weighted by molar-refractivity contribution is 7.92. The Hall–Kier alpha value is -0.870. The van der Waals surface area contributed by atoms with E-state index in [1.807, 2.05) is 0 Å². The van der Waals surface area contributed by atoms with Crippen LogP contribution in [0.25, 0.3) is 0 Å². The Labute approximate surface area is 90.7 Å². The molecule has 0 bridgehead atoms. The summed E-state index contributed by atoms with van der Waals surface area (Å²) in [6.07, 6.45) is 0.558. The third-order valence-electron chi connectivity index (χ3n) is 2.27. The van der Waals surface area contributed by atoms with Crippen LogP contribution >= 0.6 is 0 Å². The lowest BCUT2D eigenvalue weighted by molar-refractivity contribution is 0.299. The van der Waals surface area contributed by atoms with E-state index in [1.165, 1.54) is 0 Å². The molecular weight excluding hydrogens is 212 g/mol. The van der Waals surface area contributed by atoms with Crippen molar-refractivity contribution in [3.8, 4) is 0 Å². The summed E-state index contributed by atoms with van der Waals surface area (Å²) in [7, 11) is -3.17. The van der Waals surface area contributed by atoms with Crippen LogP contribution in [-0.4, -0.2) is 25.4 Å². The highest BCUT2D eigenvalue weighted by Gasteiger charge is 2.18. The van der Waals surface area contributed by atoms with Crippen LogP contribution in [0.15, 0.2) is 29.2 Å². The molecule has 4 heteroatoms. The van der Waals surface area contributed by atoms with E-state index in [9.17, 15) is 8.42 Å². The van der Waals surface area contributed by atoms with Gasteiger partial charge in [-0.1, -0.05) is 12.1 Å². The van der Waals surface area contributed by atoms with Crippen LogP contribution in [0.2, 0.25) is 0 Å². The quantitative estimate of drug-likeness (QED) is 0.847. The van der Waals surface area contributed by atoms with Crippen molar-refractivity contribution in [1.82, 2.24) is 0 Å². The molecule has 0 amide bonds. The summed E-state index contributed by atoms with van der Waals surface area (Å²) in [5.41, 5.74) is 0.945. The number of benzene rings is 1. The molecule has 84 valence electrons. The highest BCUT2D eigenvalue weighted by Crippen LogP contribution is 2.16. The van der Waals surface area contributed by atoms with Crippen molar-refractivity contribution >= 4 is 9.84 Å². The molecule has 0 saturated carbocycles. The molecule has 15 heavy (non-hydrogen) atoms. The lowest BCUT2D eigenvalue weighted by Gasteiger charge is -2.08. The van der Waals surface area contributed by atoms with E-state index in [0.29, 0.717) is 11.3 Å². The van der Waals surface area contributed by atoms with Gasteiger partial charge in [-0.25, -0.2) is 8.42 Å². The fourth-order valence-electron chi connectivity index (χ4n) is 1.25. The second kappa shape index (κ2) is 4.77. The number of aliphatic hydroxyl groups excluding tert-OH is 1. The molecule has 0 atom stereocenters. The minimum Gasteiger partial charge on any atom is -0.396 e. The van der Waals surface area contributed by atoms with E-state index < -0.39 is 15.1 Å². The van der Waals surface area contributed by atoms with Crippen LogP contribution in [0, 0.1) is 0 Å². The molecule has 0 radical (unpaired) electrons. The third kappa shape index (κ3) is 2.79. The molecule has 1 aromatic carbocycles. The molecule has 0 unspecified atom stereocenters. The van der Waals surface area contributed by atoms with Gasteiger partial charge in [0.25, 0.3) is 0 Å². The Morgan fingerprint density at radius 1 is 1.20 bits per heavy atom. The maximum atomic E-state index is 11.8. The summed E-state index contributed by atoms with van der Waals surface area (Å²) in [6, 6.07) is 6.68. The fourth-order valence-corrected chi connectivity index (χ4v) is 2.31. The average molecular weight is 228 g/mol. The van der Waals surface area contributed by atoms with Gasteiger partial charge in [0.05, 0.1) is 10.1 Å². The lowest BCUT2D eigenvalue weighted by atomic mass is 10.2. The zero-order chi connectivity index (χ0) is 11.5. The maximum Gasteiger partial charge on any atom is 0.180 e. The van der Waals surface area contributed by atoms with Gasteiger partial charge in [0, 0.05) is 6.61 Å². The molecule has 0 aromatic heterocycles. The van der Waals surface area contributed by atoms with E-state index in [2.05, 4.69) is 0 Å². The highest BCUT2D eigenvalue weighted by atomic mass is 32.2. The second-order valence-electron chi connectivity index (χ2n) is 3.71. The first-order valence-corrected chi connectivity index (χ1v) is 6.47. The van der Waals surface area contributed by atoms with E-state index in [4.69, 9.17) is 5.11 Å². The Morgan fingerprint density at radius 2 is 1.73 bits per heavy atom. The number of hydrogen-bond acceptors (Lipinski definition) is 3. The molecule has 3 nitrogen and oxygen atoms in total. The Balaban J connectivity index is 2.99. The van der Waals surface area contributed by atoms with Crippen molar-refractivity contribution in [2.45, 2.75) is 30.4 Å². The first-order valence-electron chi connectivity index (χ1n) is 4.92. The summed E-state index contributed by atoms with van der Waals surface area (Å²) in [5, 5.41) is 8.32. The van der Waals surface area contributed by atoms with Crippen LogP contribution < -0.4 is 0 Å². The van der Waals surface area contributed by atoms with Gasteiger partial charge in [0.1, 0.15) is 0 Å². The first kappa shape index (κ1) is 12.2. The van der Waals surface area contributed by atoms with Gasteiger partial charge in [-0.2, -0.15) is 0 Å². The van der Waals surface area contributed by atoms with Crippen LogP contribution in [0.4, 0.5) is 0 Å². The molecule has 0 aliphatic heterocycles. The van der Waals surface area contributed by atoms with Crippen molar-refractivity contribution in [3.63, 3.8) is 0 Å². The largest absolute Gasteiger partial charge is 0.396 e. The van der Waals surface area contributed by atoms with Gasteiger partial charge < -0.3 is 5.11 Å². The number of sulfone groups is 1. The summed E-state index contributed by atoms with van der Waals surface area (Å²) >= 11 is 0. The van der Waals surface area contributed by atoms with Crippen LogP contribution in [-0.2, 0) is 16.3 Å². The molecule has 0 heterocycles. The van der Waals surface area contributed by atoms with Gasteiger partial charge in [-0.05, 0) is 38.0 Å². The number of rotatable bonds is 4. The minimum absolute atomic E-state index is 0.0796. The SMILES string of the molecule is CC(C)S(=O)(=O)c1ccc(CCO)cc1. The molecule has 1 aromatic rings. The molecule has 0 fully saturated rings. The standard InChI is InChI=1S/C11H16O3S/c1-9(2)15(13,14)11-5-3-10(4-6-11)7-8-12/h3-6,9,12H,7-8H2,1-2H3. The van der Waals surface area contributed by atoms with Crippen LogP contribution in [0.1, 0.15) is 19.4 Å². The Bertz CT molecular complexity index is 404. The summed E-state index contributed by atoms with van der Waals surface area (Å²) in [6.45, 7) is 3.41. The van der Waals surface area contributed by atoms with Crippen molar-refractivity contribution in [3.05, 3.63) is 29.8 Å². The molecule has 0 spiro atoms. The maximum absolute atomic E-state index is 11.8. The summed E-state index contributed by atoms with van der Waals surface area (Å²) in [4.78, 5) is 0.346. The van der Waals surface area contributed by atoms with E-state index in [0.717, 1.165) is 5.56 Å². The van der Waals surface area contributed by atoms with E-state index in [1.54, 1.807) is 38.1 Å². The zero-order valence-corrected chi connectivity index (χ0v) is 9.79. The second-order valence-corrected chi connectivity index (χ2v) is 6.22. The van der Waals surface area contributed by atoms with E-state index >= 15 is 0 Å². The fraction of sp³-hybridized carbons (Fsp3) is 0.455. The van der Waals surface area contributed by atoms with Crippen LogP contribution in [0.3, 0.4) is 0 Å². The molecule has 0 saturated heterocycles. The average Bonchev–Trinajstić information content (AvgIpc) is 2.19. The van der Waals surface area contributed by atoms with Gasteiger partial charge in [-0.15, -0.1) is 0 Å². The predicted molar refractivity (Wildman–Crippen MR) is 59.6 cm³/mol. The molecule has 1 N–H and O–H groups in total. The zero-order valence-electron chi connectivity index (χ0n) is 8.97. The summed E-state index contributed by atoms with van der Waals surface area (Å²) in [5.74, 6) is 0. The van der Waals surface area contributed by atoms with Gasteiger partial charge >= 0.3 is 0 Å². The van der Waals surface area contributed by atoms with Crippen LogP contribution in [0.5, 0.6) is 0 Å². The normalized spacial score (nSPS) is 12.0. The smallest absolute Gasteiger partial charge is 0.180 e. The first-order chi connectivity index (χ1) is 6.98. The molecular formula is C11H16O3S. The molecule has 0 aliphatic carbocycles. The third-order valence-corrected chi connectivity index (χ3v) is 4.44. The molecule has 0 aliphatic rings. The molecule has 1 rings (SSSR count). The van der Waals surface area contributed by atoms with E-state index in [-0.39, 0.29) is 6.61 Å². The van der Waals surface area contributed by atoms with Gasteiger partial charge in [0.2, 0.25) is 0 Å². The Morgan fingerprint density at radius 3 is 2.13 bits per heavy atom. The lowest BCUT2D eigenvalue weighted by Crippen LogP contribution is -2.13. The summed E-state index contributed by atoms with van der Waals surface area (Å²) < 4.78 is 23.5. The van der Waals surface area contributed by atoms with Crippen molar-refractivity contribution < 1.29 is 13.5 Å². The number of hydrogen-bond donors (Lipinski definition) is 1. The van der Waals surface area contributed by atoms with Crippen molar-refractivity contribution in [2.24, 2.45) is 0 Å². The van der Waals surface area contributed by atoms with Crippen molar-refractivity contribution in [2.75, 3.05) is 6.61 Å². The topological polar surface area (TPSA) is 54.4 Å². The number of aliphatic hydroxyl groups is 1. The minimum atomic E-state index is -3.17.